The summed E-state index contributed by atoms with van der Waals surface area (Å²) in [5.41, 5.74) is 2.05. The lowest BCUT2D eigenvalue weighted by atomic mass is 10.1. The second-order valence-electron chi connectivity index (χ2n) is 4.81. The zero-order valence-corrected chi connectivity index (χ0v) is 13.0. The topological polar surface area (TPSA) is 64.3 Å². The van der Waals surface area contributed by atoms with Gasteiger partial charge in [-0.1, -0.05) is 23.7 Å². The zero-order valence-electron chi connectivity index (χ0n) is 12.2. The molecule has 0 saturated carbocycles. The summed E-state index contributed by atoms with van der Waals surface area (Å²) in [6.45, 7) is 0. The summed E-state index contributed by atoms with van der Waals surface area (Å²) >= 11 is 5.92. The minimum absolute atomic E-state index is 0.0409. The number of carboxylic acids is 1. The maximum atomic E-state index is 11.3. The fraction of sp³-hybridized carbons (Fsp3) is 0.0588. The zero-order chi connectivity index (χ0) is 16.4. The predicted octanol–water partition coefficient (Wildman–Crippen LogP) is 3.90. The SMILES string of the molecule is COc1ccccc1-c1cc(C(=O)O)nn1-c1ccc(Cl)cc1. The molecule has 0 radical (unpaired) electrons. The van der Waals surface area contributed by atoms with E-state index in [0.29, 0.717) is 22.2 Å². The molecule has 1 aromatic heterocycles. The summed E-state index contributed by atoms with van der Waals surface area (Å²) < 4.78 is 6.94. The molecule has 0 atom stereocenters. The van der Waals surface area contributed by atoms with Crippen molar-refractivity contribution >= 4 is 17.6 Å². The van der Waals surface area contributed by atoms with Crippen LogP contribution in [0.5, 0.6) is 5.75 Å². The first kappa shape index (κ1) is 15.1. The third kappa shape index (κ3) is 2.91. The number of rotatable bonds is 4. The van der Waals surface area contributed by atoms with Crippen LogP contribution in [0.15, 0.2) is 54.6 Å². The fourth-order valence-corrected chi connectivity index (χ4v) is 2.44. The van der Waals surface area contributed by atoms with Crippen LogP contribution in [0.25, 0.3) is 16.9 Å². The third-order valence-electron chi connectivity index (χ3n) is 3.38. The number of hydrogen-bond donors (Lipinski definition) is 1. The minimum atomic E-state index is -1.09. The number of halogens is 1. The van der Waals surface area contributed by atoms with Crippen molar-refractivity contribution in [2.75, 3.05) is 7.11 Å². The van der Waals surface area contributed by atoms with E-state index >= 15 is 0 Å². The smallest absolute Gasteiger partial charge is 0.356 e. The summed E-state index contributed by atoms with van der Waals surface area (Å²) in [6.07, 6.45) is 0. The Bertz CT molecular complexity index is 857. The maximum Gasteiger partial charge on any atom is 0.356 e. The van der Waals surface area contributed by atoms with Crippen LogP contribution in [0, 0.1) is 0 Å². The van der Waals surface area contributed by atoms with Crippen molar-refractivity contribution in [3.63, 3.8) is 0 Å². The van der Waals surface area contributed by atoms with E-state index in [9.17, 15) is 9.90 Å². The molecule has 0 spiro atoms. The Morgan fingerprint density at radius 3 is 2.52 bits per heavy atom. The van der Waals surface area contributed by atoms with E-state index in [1.807, 2.05) is 24.3 Å². The summed E-state index contributed by atoms with van der Waals surface area (Å²) in [6, 6.07) is 15.9. The molecular formula is C17H13ClN2O3. The lowest BCUT2D eigenvalue weighted by Gasteiger charge is -2.11. The van der Waals surface area contributed by atoms with E-state index in [4.69, 9.17) is 16.3 Å². The lowest BCUT2D eigenvalue weighted by Crippen LogP contribution is -2.02. The second-order valence-corrected chi connectivity index (χ2v) is 5.24. The molecule has 116 valence electrons. The average molecular weight is 329 g/mol. The number of aromatic nitrogens is 2. The van der Waals surface area contributed by atoms with Gasteiger partial charge >= 0.3 is 5.97 Å². The second kappa shape index (κ2) is 6.14. The van der Waals surface area contributed by atoms with Gasteiger partial charge < -0.3 is 9.84 Å². The molecule has 0 fully saturated rings. The monoisotopic (exact) mass is 328 g/mol. The molecule has 1 heterocycles. The molecule has 6 heteroatoms. The number of ether oxygens (including phenoxy) is 1. The number of para-hydroxylation sites is 1. The van der Waals surface area contributed by atoms with Crippen LogP contribution in [0.2, 0.25) is 5.02 Å². The summed E-state index contributed by atoms with van der Waals surface area (Å²) in [4.78, 5) is 11.3. The third-order valence-corrected chi connectivity index (χ3v) is 3.63. The molecule has 0 aliphatic carbocycles. The van der Waals surface area contributed by atoms with E-state index in [2.05, 4.69) is 5.10 Å². The molecule has 0 aliphatic rings. The number of benzene rings is 2. The number of carbonyl (C=O) groups is 1. The molecule has 1 N–H and O–H groups in total. The molecule has 0 amide bonds. The number of methoxy groups -OCH3 is 1. The molecular weight excluding hydrogens is 316 g/mol. The first-order valence-electron chi connectivity index (χ1n) is 6.83. The molecule has 0 aliphatic heterocycles. The van der Waals surface area contributed by atoms with Gasteiger partial charge in [0, 0.05) is 10.6 Å². The van der Waals surface area contributed by atoms with Crippen molar-refractivity contribution in [2.24, 2.45) is 0 Å². The van der Waals surface area contributed by atoms with Gasteiger partial charge in [0.1, 0.15) is 5.75 Å². The van der Waals surface area contributed by atoms with Crippen molar-refractivity contribution in [3.8, 4) is 22.7 Å². The van der Waals surface area contributed by atoms with Crippen molar-refractivity contribution in [2.45, 2.75) is 0 Å². The molecule has 0 unspecified atom stereocenters. The summed E-state index contributed by atoms with van der Waals surface area (Å²) in [5, 5.41) is 14.0. The van der Waals surface area contributed by atoms with Crippen molar-refractivity contribution in [3.05, 3.63) is 65.3 Å². The van der Waals surface area contributed by atoms with Crippen molar-refractivity contribution in [1.82, 2.24) is 9.78 Å². The van der Waals surface area contributed by atoms with Crippen LogP contribution in [-0.2, 0) is 0 Å². The Kier molecular flexibility index (Phi) is 4.04. The highest BCUT2D eigenvalue weighted by molar-refractivity contribution is 6.30. The van der Waals surface area contributed by atoms with Gasteiger partial charge in [0.05, 0.1) is 18.5 Å². The van der Waals surface area contributed by atoms with Gasteiger partial charge in [0.2, 0.25) is 0 Å². The highest BCUT2D eigenvalue weighted by Crippen LogP contribution is 2.32. The van der Waals surface area contributed by atoms with Crippen LogP contribution in [-0.4, -0.2) is 28.0 Å². The van der Waals surface area contributed by atoms with Gasteiger partial charge in [-0.15, -0.1) is 0 Å². The van der Waals surface area contributed by atoms with Crippen LogP contribution < -0.4 is 4.74 Å². The Hall–Kier alpha value is -2.79. The van der Waals surface area contributed by atoms with E-state index in [-0.39, 0.29) is 5.69 Å². The molecule has 2 aromatic carbocycles. The quantitative estimate of drug-likeness (QED) is 0.789. The molecule has 3 rings (SSSR count). The minimum Gasteiger partial charge on any atom is -0.496 e. The van der Waals surface area contributed by atoms with Crippen molar-refractivity contribution < 1.29 is 14.6 Å². The van der Waals surface area contributed by atoms with Gasteiger partial charge in [-0.3, -0.25) is 0 Å². The number of hydrogen-bond acceptors (Lipinski definition) is 3. The number of nitrogens with zero attached hydrogens (tertiary/aromatic N) is 2. The van der Waals surface area contributed by atoms with Crippen molar-refractivity contribution in [1.29, 1.82) is 0 Å². The number of carboxylic acid groups (broad SMARTS) is 1. The molecule has 0 bridgehead atoms. The molecule has 3 aromatic rings. The van der Waals surface area contributed by atoms with Crippen LogP contribution >= 0.6 is 11.6 Å². The van der Waals surface area contributed by atoms with Gasteiger partial charge in [-0.2, -0.15) is 5.10 Å². The van der Waals surface area contributed by atoms with Gasteiger partial charge in [-0.05, 0) is 42.5 Å². The normalized spacial score (nSPS) is 10.5. The molecule has 0 saturated heterocycles. The summed E-state index contributed by atoms with van der Waals surface area (Å²) in [7, 11) is 1.57. The predicted molar refractivity (Wildman–Crippen MR) is 87.5 cm³/mol. The van der Waals surface area contributed by atoms with E-state index in [1.54, 1.807) is 36.1 Å². The Labute approximate surface area is 137 Å². The van der Waals surface area contributed by atoms with E-state index < -0.39 is 5.97 Å². The fourth-order valence-electron chi connectivity index (χ4n) is 2.31. The standard InChI is InChI=1S/C17H13ClN2O3/c1-23-16-5-3-2-4-13(16)15-10-14(17(21)22)19-20(15)12-8-6-11(18)7-9-12/h2-10H,1H3,(H,21,22). The largest absolute Gasteiger partial charge is 0.496 e. The van der Waals surface area contributed by atoms with Crippen LogP contribution in [0.3, 0.4) is 0 Å². The highest BCUT2D eigenvalue weighted by atomic mass is 35.5. The summed E-state index contributed by atoms with van der Waals surface area (Å²) in [5.74, 6) is -0.451. The van der Waals surface area contributed by atoms with E-state index in [0.717, 1.165) is 5.56 Å². The number of aromatic carboxylic acids is 1. The van der Waals surface area contributed by atoms with E-state index in [1.165, 1.54) is 6.07 Å². The average Bonchev–Trinajstić information content (AvgIpc) is 3.01. The van der Waals surface area contributed by atoms with Crippen LogP contribution in [0.4, 0.5) is 0 Å². The first-order valence-corrected chi connectivity index (χ1v) is 7.20. The highest BCUT2D eigenvalue weighted by Gasteiger charge is 2.18. The Morgan fingerprint density at radius 1 is 1.17 bits per heavy atom. The first-order chi connectivity index (χ1) is 11.1. The lowest BCUT2D eigenvalue weighted by molar-refractivity contribution is 0.0690. The molecule has 23 heavy (non-hydrogen) atoms. The maximum absolute atomic E-state index is 11.3. The Balaban J connectivity index is 2.23. The molecule has 5 nitrogen and oxygen atoms in total. The van der Waals surface area contributed by atoms with Gasteiger partial charge in [0.25, 0.3) is 0 Å². The van der Waals surface area contributed by atoms with Gasteiger partial charge in [-0.25, -0.2) is 9.48 Å². The van der Waals surface area contributed by atoms with Gasteiger partial charge in [0.15, 0.2) is 5.69 Å². The van der Waals surface area contributed by atoms with Crippen LogP contribution in [0.1, 0.15) is 10.5 Å². The Morgan fingerprint density at radius 2 is 1.87 bits per heavy atom.